The maximum atomic E-state index is 14.9. The first-order valence-electron chi connectivity index (χ1n) is 10.3. The zero-order valence-electron chi connectivity index (χ0n) is 17.8. The van der Waals surface area contributed by atoms with E-state index in [1.165, 1.54) is 0 Å². The van der Waals surface area contributed by atoms with E-state index in [2.05, 4.69) is 13.8 Å². The molecule has 0 N–H and O–H groups in total. The van der Waals surface area contributed by atoms with Crippen LogP contribution in [0.3, 0.4) is 0 Å². The molecule has 1 fully saturated rings. The number of nitrogens with zero attached hydrogens (tertiary/aromatic N) is 1. The van der Waals surface area contributed by atoms with Gasteiger partial charge in [0.1, 0.15) is 6.07 Å². The molecule has 4 atom stereocenters. The van der Waals surface area contributed by atoms with E-state index < -0.39 is 24.2 Å². The molecule has 0 bridgehead atoms. The smallest absolute Gasteiger partial charge is 0.313 e. The Kier molecular flexibility index (Phi) is 6.58. The van der Waals surface area contributed by atoms with Crippen LogP contribution in [-0.2, 0) is 14.3 Å². The second-order valence-electron chi connectivity index (χ2n) is 8.84. The van der Waals surface area contributed by atoms with E-state index in [9.17, 15) is 14.4 Å². The number of esters is 1. The van der Waals surface area contributed by atoms with Crippen LogP contribution in [0.4, 0.5) is 4.39 Å². The minimum Gasteiger partial charge on any atom is -0.442 e. The van der Waals surface area contributed by atoms with Gasteiger partial charge in [-0.2, -0.15) is 5.26 Å². The van der Waals surface area contributed by atoms with Crippen molar-refractivity contribution in [2.24, 2.45) is 17.3 Å². The maximum absolute atomic E-state index is 14.9. The first-order valence-corrected chi connectivity index (χ1v) is 10.3. The Balaban J connectivity index is 1.71. The Morgan fingerprint density at radius 3 is 2.37 bits per heavy atom. The molecule has 0 spiro atoms. The topological polar surface area (TPSA) is 59.3 Å². The molecule has 1 saturated carbocycles. The van der Waals surface area contributed by atoms with Crippen molar-refractivity contribution in [3.05, 3.63) is 71.3 Å². The van der Waals surface area contributed by atoms with E-state index in [4.69, 9.17) is 9.47 Å². The third kappa shape index (κ3) is 4.71. The number of ether oxygens (including phenoxy) is 2. The molecule has 4 unspecified atom stereocenters. The number of carbonyl (C=O) groups excluding carboxylic acids is 1. The van der Waals surface area contributed by atoms with Crippen LogP contribution in [0, 0.1) is 28.6 Å². The van der Waals surface area contributed by atoms with Crippen LogP contribution in [0.25, 0.3) is 0 Å². The lowest BCUT2D eigenvalue weighted by atomic mass is 9.99. The standard InChI is InChI=1S/C25H28FNO3/c1-16(2)15-29-23-21(25(23,3)4)24(28)30-20(14-27)18-11-8-12-19(13-18)22(26)17-9-6-5-7-10-17/h5-13,16,20-23H,15H2,1-4H3. The Morgan fingerprint density at radius 2 is 1.73 bits per heavy atom. The number of nitriles is 1. The number of hydrogen-bond acceptors (Lipinski definition) is 4. The van der Waals surface area contributed by atoms with Crippen LogP contribution in [0.15, 0.2) is 54.6 Å². The van der Waals surface area contributed by atoms with Crippen molar-refractivity contribution < 1.29 is 18.7 Å². The molecule has 0 saturated heterocycles. The lowest BCUT2D eigenvalue weighted by Crippen LogP contribution is -2.16. The summed E-state index contributed by atoms with van der Waals surface area (Å²) in [5.41, 5.74) is 1.08. The highest BCUT2D eigenvalue weighted by molar-refractivity contribution is 5.78. The SMILES string of the molecule is CC(C)COC1C(C(=O)OC(C#N)c2cccc(C(F)c3ccccc3)c2)C1(C)C. The van der Waals surface area contributed by atoms with E-state index in [-0.39, 0.29) is 11.5 Å². The van der Waals surface area contributed by atoms with Gasteiger partial charge < -0.3 is 9.47 Å². The molecule has 158 valence electrons. The van der Waals surface area contributed by atoms with Crippen molar-refractivity contribution in [2.75, 3.05) is 6.61 Å². The molecule has 0 aliphatic heterocycles. The van der Waals surface area contributed by atoms with Gasteiger partial charge in [-0.1, -0.05) is 76.2 Å². The summed E-state index contributed by atoms with van der Waals surface area (Å²) >= 11 is 0. The molecule has 0 aromatic heterocycles. The summed E-state index contributed by atoms with van der Waals surface area (Å²) in [6, 6.07) is 17.4. The minimum atomic E-state index is -1.32. The molecule has 0 amide bonds. The van der Waals surface area contributed by atoms with E-state index in [0.717, 1.165) is 0 Å². The van der Waals surface area contributed by atoms with Crippen LogP contribution < -0.4 is 0 Å². The van der Waals surface area contributed by atoms with Crippen molar-refractivity contribution >= 4 is 5.97 Å². The van der Waals surface area contributed by atoms with Gasteiger partial charge in [-0.3, -0.25) is 4.79 Å². The molecule has 1 aliphatic carbocycles. The molecule has 1 aliphatic rings. The second-order valence-corrected chi connectivity index (χ2v) is 8.84. The second kappa shape index (κ2) is 8.97. The normalized spacial score (nSPS) is 21.5. The fourth-order valence-corrected chi connectivity index (χ4v) is 3.68. The molecule has 30 heavy (non-hydrogen) atoms. The summed E-state index contributed by atoms with van der Waals surface area (Å²) in [5.74, 6) is -0.495. The Labute approximate surface area is 177 Å². The van der Waals surface area contributed by atoms with E-state index >= 15 is 0 Å². The molecule has 2 aromatic carbocycles. The highest BCUT2D eigenvalue weighted by Gasteiger charge is 2.64. The Bertz CT molecular complexity index is 919. The molecule has 0 heterocycles. The van der Waals surface area contributed by atoms with Gasteiger partial charge >= 0.3 is 5.97 Å². The van der Waals surface area contributed by atoms with Crippen LogP contribution in [-0.4, -0.2) is 18.7 Å². The highest BCUT2D eigenvalue weighted by atomic mass is 19.1. The Hall–Kier alpha value is -2.71. The molecular weight excluding hydrogens is 381 g/mol. The van der Waals surface area contributed by atoms with Crippen molar-refractivity contribution in [1.29, 1.82) is 5.26 Å². The van der Waals surface area contributed by atoms with Crippen molar-refractivity contribution in [3.63, 3.8) is 0 Å². The molecule has 0 radical (unpaired) electrons. The average Bonchev–Trinajstić information content (AvgIpc) is 3.30. The minimum absolute atomic E-state index is 0.216. The van der Waals surface area contributed by atoms with Crippen molar-refractivity contribution in [2.45, 2.75) is 46.1 Å². The number of rotatable bonds is 8. The molecule has 3 rings (SSSR count). The Morgan fingerprint density at radius 1 is 1.10 bits per heavy atom. The molecule has 2 aromatic rings. The van der Waals surface area contributed by atoms with E-state index in [1.807, 2.05) is 26.0 Å². The zero-order valence-corrected chi connectivity index (χ0v) is 17.8. The summed E-state index contributed by atoms with van der Waals surface area (Å²) in [5, 5.41) is 9.60. The first kappa shape index (κ1) is 22.0. The van der Waals surface area contributed by atoms with E-state index in [1.54, 1.807) is 48.5 Å². The van der Waals surface area contributed by atoms with Crippen LogP contribution >= 0.6 is 0 Å². The fraction of sp³-hybridized carbons (Fsp3) is 0.440. The summed E-state index contributed by atoms with van der Waals surface area (Å²) < 4.78 is 26.3. The largest absolute Gasteiger partial charge is 0.442 e. The summed E-state index contributed by atoms with van der Waals surface area (Å²) in [6.45, 7) is 8.59. The van der Waals surface area contributed by atoms with Gasteiger partial charge in [0, 0.05) is 17.6 Å². The van der Waals surface area contributed by atoms with E-state index in [0.29, 0.717) is 29.2 Å². The monoisotopic (exact) mass is 409 g/mol. The van der Waals surface area contributed by atoms with Gasteiger partial charge in [0.15, 0.2) is 6.17 Å². The number of benzene rings is 2. The first-order chi connectivity index (χ1) is 14.3. The zero-order chi connectivity index (χ0) is 21.9. The summed E-state index contributed by atoms with van der Waals surface area (Å²) in [7, 11) is 0. The predicted octanol–water partition coefficient (Wildman–Crippen LogP) is 5.55. The third-order valence-electron chi connectivity index (χ3n) is 5.54. The maximum Gasteiger partial charge on any atom is 0.313 e. The quantitative estimate of drug-likeness (QED) is 0.536. The number of hydrogen-bond donors (Lipinski definition) is 0. The van der Waals surface area contributed by atoms with Crippen molar-refractivity contribution in [3.8, 4) is 6.07 Å². The van der Waals surface area contributed by atoms with Gasteiger partial charge in [0.05, 0.1) is 12.0 Å². The van der Waals surface area contributed by atoms with Crippen LogP contribution in [0.2, 0.25) is 0 Å². The highest BCUT2D eigenvalue weighted by Crippen LogP contribution is 2.55. The van der Waals surface area contributed by atoms with Crippen LogP contribution in [0.1, 0.15) is 56.7 Å². The number of halogens is 1. The lowest BCUT2D eigenvalue weighted by molar-refractivity contribution is -0.150. The van der Waals surface area contributed by atoms with Gasteiger partial charge in [-0.15, -0.1) is 0 Å². The number of alkyl halides is 1. The molecular formula is C25H28FNO3. The van der Waals surface area contributed by atoms with Gasteiger partial charge in [-0.05, 0) is 23.1 Å². The summed E-state index contributed by atoms with van der Waals surface area (Å²) in [6.07, 6.45) is -2.63. The van der Waals surface area contributed by atoms with Gasteiger partial charge in [-0.25, -0.2) is 4.39 Å². The van der Waals surface area contributed by atoms with Gasteiger partial charge in [0.25, 0.3) is 0 Å². The predicted molar refractivity (Wildman–Crippen MR) is 112 cm³/mol. The summed E-state index contributed by atoms with van der Waals surface area (Å²) in [4.78, 5) is 12.7. The fourth-order valence-electron chi connectivity index (χ4n) is 3.68. The van der Waals surface area contributed by atoms with Gasteiger partial charge in [0.2, 0.25) is 6.10 Å². The lowest BCUT2D eigenvalue weighted by Gasteiger charge is -2.15. The average molecular weight is 410 g/mol. The molecule has 4 nitrogen and oxygen atoms in total. The number of carbonyl (C=O) groups is 1. The van der Waals surface area contributed by atoms with Crippen molar-refractivity contribution in [1.82, 2.24) is 0 Å². The third-order valence-corrected chi connectivity index (χ3v) is 5.54. The molecule has 5 heteroatoms. The van der Waals surface area contributed by atoms with Crippen LogP contribution in [0.5, 0.6) is 0 Å².